The molecule has 2 rings (SSSR count). The van der Waals surface area contributed by atoms with Gasteiger partial charge < -0.3 is 9.47 Å². The van der Waals surface area contributed by atoms with Gasteiger partial charge in [0.25, 0.3) is 0 Å². The molecule has 1 heterocycles. The van der Waals surface area contributed by atoms with Crippen molar-refractivity contribution < 1.29 is 9.47 Å². The normalized spacial score (nSPS) is 33.8. The summed E-state index contributed by atoms with van der Waals surface area (Å²) in [5.74, 6) is 0. The predicted octanol–water partition coefficient (Wildman–Crippen LogP) is 2.29. The van der Waals surface area contributed by atoms with Gasteiger partial charge in [-0.2, -0.15) is 0 Å². The first-order valence-corrected chi connectivity index (χ1v) is 5.34. The van der Waals surface area contributed by atoms with E-state index < -0.39 is 0 Å². The van der Waals surface area contributed by atoms with E-state index in [9.17, 15) is 0 Å². The van der Waals surface area contributed by atoms with Gasteiger partial charge in [-0.05, 0) is 38.2 Å². The highest BCUT2D eigenvalue weighted by Gasteiger charge is 2.25. The molecule has 0 saturated carbocycles. The lowest BCUT2D eigenvalue weighted by atomic mass is 9.90. The van der Waals surface area contributed by atoms with Gasteiger partial charge >= 0.3 is 0 Å². The van der Waals surface area contributed by atoms with Crippen LogP contribution in [0.3, 0.4) is 0 Å². The fourth-order valence-corrected chi connectivity index (χ4v) is 2.21. The summed E-state index contributed by atoms with van der Waals surface area (Å²) >= 11 is 0. The largest absolute Gasteiger partial charge is 0.374 e. The molecule has 0 N–H and O–H groups in total. The lowest BCUT2D eigenvalue weighted by Gasteiger charge is -2.32. The summed E-state index contributed by atoms with van der Waals surface area (Å²) in [6, 6.07) is 0. The molecule has 74 valence electrons. The first-order chi connectivity index (χ1) is 6.40. The van der Waals surface area contributed by atoms with E-state index >= 15 is 0 Å². The van der Waals surface area contributed by atoms with Crippen LogP contribution < -0.4 is 0 Å². The first-order valence-electron chi connectivity index (χ1n) is 5.34. The highest BCUT2D eigenvalue weighted by molar-refractivity contribution is 5.16. The van der Waals surface area contributed by atoms with Crippen LogP contribution in [-0.2, 0) is 9.47 Å². The molecule has 13 heavy (non-hydrogen) atoms. The monoisotopic (exact) mass is 182 g/mol. The van der Waals surface area contributed by atoms with E-state index in [-0.39, 0.29) is 0 Å². The van der Waals surface area contributed by atoms with Crippen LogP contribution in [-0.4, -0.2) is 25.4 Å². The van der Waals surface area contributed by atoms with Gasteiger partial charge in [0, 0.05) is 13.2 Å². The van der Waals surface area contributed by atoms with Crippen molar-refractivity contribution in [2.45, 2.75) is 44.8 Å². The quantitative estimate of drug-likeness (QED) is 0.610. The lowest BCUT2D eigenvalue weighted by Crippen LogP contribution is -2.29. The summed E-state index contributed by atoms with van der Waals surface area (Å²) in [6.45, 7) is 3.82. The Balaban J connectivity index is 1.99. The van der Waals surface area contributed by atoms with E-state index in [0.29, 0.717) is 12.2 Å². The molecule has 1 aliphatic heterocycles. The minimum atomic E-state index is 0.359. The number of ether oxygens (including phenoxy) is 2. The molecule has 1 fully saturated rings. The van der Waals surface area contributed by atoms with Gasteiger partial charge in [-0.1, -0.05) is 6.08 Å². The van der Waals surface area contributed by atoms with Crippen molar-refractivity contribution in [1.29, 1.82) is 0 Å². The van der Waals surface area contributed by atoms with Crippen LogP contribution in [0.15, 0.2) is 11.6 Å². The van der Waals surface area contributed by atoms with Crippen molar-refractivity contribution in [3.05, 3.63) is 11.6 Å². The Morgan fingerprint density at radius 3 is 3.31 bits per heavy atom. The van der Waals surface area contributed by atoms with Crippen molar-refractivity contribution in [2.75, 3.05) is 13.2 Å². The van der Waals surface area contributed by atoms with Crippen LogP contribution in [0.1, 0.15) is 32.6 Å². The summed E-state index contributed by atoms with van der Waals surface area (Å²) in [6.07, 6.45) is 7.74. The maximum Gasteiger partial charge on any atom is 0.0787 e. The molecule has 1 aliphatic carbocycles. The Kier molecular flexibility index (Phi) is 3.01. The molecule has 2 heteroatoms. The van der Waals surface area contributed by atoms with Crippen molar-refractivity contribution in [3.63, 3.8) is 0 Å². The summed E-state index contributed by atoms with van der Waals surface area (Å²) in [4.78, 5) is 0. The van der Waals surface area contributed by atoms with Gasteiger partial charge in [-0.25, -0.2) is 0 Å². The van der Waals surface area contributed by atoms with Gasteiger partial charge in [0.15, 0.2) is 0 Å². The molecule has 2 aliphatic rings. The lowest BCUT2D eigenvalue weighted by molar-refractivity contribution is 0.0148. The molecular weight excluding hydrogens is 164 g/mol. The third-order valence-electron chi connectivity index (χ3n) is 2.84. The highest BCUT2D eigenvalue weighted by Crippen LogP contribution is 2.29. The molecule has 0 spiro atoms. The second kappa shape index (κ2) is 4.25. The fraction of sp³-hybridized carbons (Fsp3) is 0.818. The molecule has 0 bridgehead atoms. The number of hydrogen-bond acceptors (Lipinski definition) is 2. The maximum atomic E-state index is 5.68. The summed E-state index contributed by atoms with van der Waals surface area (Å²) in [5, 5.41) is 0. The molecule has 0 amide bonds. The van der Waals surface area contributed by atoms with Crippen LogP contribution in [0, 0.1) is 0 Å². The van der Waals surface area contributed by atoms with Crippen LogP contribution in [0.4, 0.5) is 0 Å². The number of hydrogen-bond donors (Lipinski definition) is 0. The Bertz CT molecular complexity index is 198. The van der Waals surface area contributed by atoms with Gasteiger partial charge in [-0.3, -0.25) is 0 Å². The van der Waals surface area contributed by atoms with Crippen LogP contribution in [0.2, 0.25) is 0 Å². The molecule has 2 atom stereocenters. The topological polar surface area (TPSA) is 18.5 Å². The van der Waals surface area contributed by atoms with Crippen LogP contribution in [0.5, 0.6) is 0 Å². The third kappa shape index (κ3) is 2.12. The molecule has 1 saturated heterocycles. The number of rotatable bonds is 2. The Labute approximate surface area is 79.9 Å². The predicted molar refractivity (Wildman–Crippen MR) is 51.7 cm³/mol. The van der Waals surface area contributed by atoms with E-state index in [4.69, 9.17) is 9.47 Å². The average molecular weight is 182 g/mol. The molecule has 0 aromatic carbocycles. The number of fused-ring (bicyclic) bond motifs is 1. The Morgan fingerprint density at radius 2 is 2.46 bits per heavy atom. The molecule has 0 unspecified atom stereocenters. The smallest absolute Gasteiger partial charge is 0.0787 e. The van der Waals surface area contributed by atoms with Crippen LogP contribution >= 0.6 is 0 Å². The Morgan fingerprint density at radius 1 is 1.54 bits per heavy atom. The molecule has 0 aromatic heterocycles. The average Bonchev–Trinajstić information content (AvgIpc) is 2.18. The maximum absolute atomic E-state index is 5.68. The zero-order valence-corrected chi connectivity index (χ0v) is 8.29. The van der Waals surface area contributed by atoms with E-state index in [2.05, 4.69) is 13.0 Å². The van der Waals surface area contributed by atoms with Gasteiger partial charge in [0.1, 0.15) is 0 Å². The molecule has 2 nitrogen and oxygen atoms in total. The van der Waals surface area contributed by atoms with Crippen molar-refractivity contribution in [3.8, 4) is 0 Å². The molecular formula is C11H18O2. The minimum absolute atomic E-state index is 0.359. The van der Waals surface area contributed by atoms with E-state index in [1.165, 1.54) is 18.4 Å². The van der Waals surface area contributed by atoms with Gasteiger partial charge in [0.05, 0.1) is 12.2 Å². The summed E-state index contributed by atoms with van der Waals surface area (Å²) < 4.78 is 11.3. The van der Waals surface area contributed by atoms with E-state index in [1.807, 2.05) is 0 Å². The first kappa shape index (κ1) is 9.22. The zero-order chi connectivity index (χ0) is 9.10. The van der Waals surface area contributed by atoms with Crippen LogP contribution in [0.25, 0.3) is 0 Å². The standard InChI is InChI=1S/C11H18O2/c1-2-12-10-5-6-11-9(8-10)4-3-7-13-11/h8,10-11H,2-7H2,1H3/t10-,11+/m1/s1. The second-order valence-corrected chi connectivity index (χ2v) is 3.78. The van der Waals surface area contributed by atoms with E-state index in [0.717, 1.165) is 26.1 Å². The summed E-state index contributed by atoms with van der Waals surface area (Å²) in [7, 11) is 0. The molecule has 0 aromatic rings. The minimum Gasteiger partial charge on any atom is -0.374 e. The van der Waals surface area contributed by atoms with Crippen molar-refractivity contribution in [1.82, 2.24) is 0 Å². The van der Waals surface area contributed by atoms with E-state index in [1.54, 1.807) is 0 Å². The highest BCUT2D eigenvalue weighted by atomic mass is 16.5. The fourth-order valence-electron chi connectivity index (χ4n) is 2.21. The van der Waals surface area contributed by atoms with Crippen molar-refractivity contribution in [2.24, 2.45) is 0 Å². The third-order valence-corrected chi connectivity index (χ3v) is 2.84. The summed E-state index contributed by atoms with van der Waals surface area (Å²) in [5.41, 5.74) is 1.48. The SMILES string of the molecule is CCO[C@H]1C=C2CCCO[C@H]2CC1. The molecule has 0 radical (unpaired) electrons. The Hall–Kier alpha value is -0.340. The zero-order valence-electron chi connectivity index (χ0n) is 8.29. The van der Waals surface area contributed by atoms with Gasteiger partial charge in [0.2, 0.25) is 0 Å². The second-order valence-electron chi connectivity index (χ2n) is 3.78. The van der Waals surface area contributed by atoms with Gasteiger partial charge in [-0.15, -0.1) is 0 Å². The van der Waals surface area contributed by atoms with Crippen molar-refractivity contribution >= 4 is 0 Å².